The highest BCUT2D eigenvalue weighted by Gasteiger charge is 2.46. The Morgan fingerprint density at radius 2 is 1.79 bits per heavy atom. The van der Waals surface area contributed by atoms with Gasteiger partial charge in [0.05, 0.1) is 44.7 Å². The molecule has 1 aliphatic heterocycles. The zero-order valence-corrected chi connectivity index (χ0v) is 21.9. The van der Waals surface area contributed by atoms with Gasteiger partial charge in [-0.1, -0.05) is 25.8 Å². The van der Waals surface area contributed by atoms with Crippen LogP contribution < -0.4 is 14.2 Å². The number of benzene rings is 2. The number of ketones is 1. The summed E-state index contributed by atoms with van der Waals surface area (Å²) in [6.45, 7) is 5.03. The zero-order valence-electron chi connectivity index (χ0n) is 21.9. The predicted octanol–water partition coefficient (Wildman–Crippen LogP) is 5.88. The van der Waals surface area contributed by atoms with Crippen LogP contribution in [0.3, 0.4) is 0 Å². The van der Waals surface area contributed by atoms with Crippen molar-refractivity contribution in [3.05, 3.63) is 83.3 Å². The number of aliphatic hydroxyl groups is 1. The molecule has 1 fully saturated rings. The molecule has 1 aliphatic rings. The molecule has 0 radical (unpaired) electrons. The van der Waals surface area contributed by atoms with Crippen LogP contribution in [0, 0.1) is 0 Å². The summed E-state index contributed by atoms with van der Waals surface area (Å²) >= 11 is 0. The standard InChI is InChI=1S/C30H33NO7/c1-4-6-7-16-38-24-15-12-21(18-25(24)36-5-2)27-26(28(32)20-10-13-22(35-3)14-11-20)29(33)30(34)31(27)19-23-9-8-17-37-23/h8-15,17-18,27,32H,4-7,16,19H2,1-3H3/b28-26+. The SMILES string of the molecule is CCCCCOc1ccc(C2/C(=C(\O)c3ccc(OC)cc3)C(=O)C(=O)N2Cc2ccco2)cc1OCC. The molecule has 8 heteroatoms. The number of likely N-dealkylation sites (tertiary alicyclic amines) is 1. The number of furan rings is 1. The van der Waals surface area contributed by atoms with Gasteiger partial charge in [-0.2, -0.15) is 0 Å². The van der Waals surface area contributed by atoms with Gasteiger partial charge in [0, 0.05) is 5.56 Å². The topological polar surface area (TPSA) is 98.4 Å². The minimum absolute atomic E-state index is 0.00853. The number of carbonyl (C=O) groups is 2. The van der Waals surface area contributed by atoms with Crippen LogP contribution in [-0.4, -0.2) is 42.0 Å². The van der Waals surface area contributed by atoms with E-state index in [0.717, 1.165) is 19.3 Å². The molecule has 200 valence electrons. The molecule has 0 aliphatic carbocycles. The second-order valence-electron chi connectivity index (χ2n) is 8.93. The second kappa shape index (κ2) is 12.4. The number of hydrogen-bond donors (Lipinski definition) is 1. The van der Waals surface area contributed by atoms with Gasteiger partial charge in [0.15, 0.2) is 11.5 Å². The Morgan fingerprint density at radius 3 is 2.45 bits per heavy atom. The summed E-state index contributed by atoms with van der Waals surface area (Å²) in [5, 5.41) is 11.3. The molecule has 4 rings (SSSR count). The van der Waals surface area contributed by atoms with Crippen molar-refractivity contribution >= 4 is 17.4 Å². The van der Waals surface area contributed by atoms with Gasteiger partial charge in [-0.25, -0.2) is 0 Å². The van der Waals surface area contributed by atoms with Gasteiger partial charge in [-0.3, -0.25) is 9.59 Å². The van der Waals surface area contributed by atoms with E-state index < -0.39 is 17.7 Å². The number of unbranched alkanes of at least 4 members (excludes halogenated alkanes) is 2. The van der Waals surface area contributed by atoms with Gasteiger partial charge in [-0.05, 0) is 67.4 Å². The number of methoxy groups -OCH3 is 1. The van der Waals surface area contributed by atoms with E-state index in [4.69, 9.17) is 18.6 Å². The Bertz CT molecular complexity index is 1280. The van der Waals surface area contributed by atoms with Crippen molar-refractivity contribution in [2.45, 2.75) is 45.7 Å². The molecule has 0 saturated carbocycles. The highest BCUT2D eigenvalue weighted by atomic mass is 16.5. The number of aliphatic hydroxyl groups excluding tert-OH is 1. The van der Waals surface area contributed by atoms with Crippen LogP contribution in [0.2, 0.25) is 0 Å². The first kappa shape index (κ1) is 26.9. The highest BCUT2D eigenvalue weighted by molar-refractivity contribution is 6.46. The first-order valence-corrected chi connectivity index (χ1v) is 12.8. The molecular formula is C30H33NO7. The summed E-state index contributed by atoms with van der Waals surface area (Å²) in [6.07, 6.45) is 4.59. The average molecular weight is 520 g/mol. The Kier molecular flexibility index (Phi) is 8.73. The van der Waals surface area contributed by atoms with Gasteiger partial charge in [0.2, 0.25) is 0 Å². The lowest BCUT2D eigenvalue weighted by atomic mass is 9.95. The lowest BCUT2D eigenvalue weighted by Gasteiger charge is -2.25. The molecule has 1 amide bonds. The minimum atomic E-state index is -0.865. The molecule has 1 unspecified atom stereocenters. The predicted molar refractivity (Wildman–Crippen MR) is 142 cm³/mol. The van der Waals surface area contributed by atoms with Gasteiger partial charge in [-0.15, -0.1) is 0 Å². The van der Waals surface area contributed by atoms with Crippen LogP contribution in [-0.2, 0) is 16.1 Å². The lowest BCUT2D eigenvalue weighted by molar-refractivity contribution is -0.140. The first-order valence-electron chi connectivity index (χ1n) is 12.8. The number of Topliss-reactive ketones (excluding diaryl/α,β-unsaturated/α-hetero) is 1. The number of carbonyl (C=O) groups excluding carboxylic acids is 2. The van der Waals surface area contributed by atoms with Crippen LogP contribution in [0.15, 0.2) is 70.9 Å². The van der Waals surface area contributed by atoms with Crippen LogP contribution >= 0.6 is 0 Å². The monoisotopic (exact) mass is 519 g/mol. The molecule has 38 heavy (non-hydrogen) atoms. The summed E-state index contributed by atoms with van der Waals surface area (Å²) in [4.78, 5) is 28.0. The average Bonchev–Trinajstić information content (AvgIpc) is 3.54. The fraction of sp³-hybridized carbons (Fsp3) is 0.333. The summed E-state index contributed by atoms with van der Waals surface area (Å²) < 4.78 is 22.5. The van der Waals surface area contributed by atoms with E-state index in [1.54, 1.807) is 61.7 Å². The van der Waals surface area contributed by atoms with Crippen LogP contribution in [0.1, 0.15) is 56.0 Å². The Hall–Kier alpha value is -4.20. The van der Waals surface area contributed by atoms with Crippen molar-refractivity contribution in [3.63, 3.8) is 0 Å². The van der Waals surface area contributed by atoms with Crippen LogP contribution in [0.4, 0.5) is 0 Å². The number of amides is 1. The first-order chi connectivity index (χ1) is 18.5. The van der Waals surface area contributed by atoms with E-state index in [1.807, 2.05) is 6.92 Å². The maximum absolute atomic E-state index is 13.3. The zero-order chi connectivity index (χ0) is 27.1. The molecule has 0 bridgehead atoms. The maximum Gasteiger partial charge on any atom is 0.296 e. The molecule has 1 atom stereocenters. The van der Waals surface area contributed by atoms with Crippen molar-refractivity contribution < 1.29 is 33.3 Å². The minimum Gasteiger partial charge on any atom is -0.507 e. The van der Waals surface area contributed by atoms with Crippen LogP contribution in [0.25, 0.3) is 5.76 Å². The van der Waals surface area contributed by atoms with Crippen molar-refractivity contribution in [1.29, 1.82) is 0 Å². The van der Waals surface area contributed by atoms with Crippen molar-refractivity contribution in [1.82, 2.24) is 4.90 Å². The quantitative estimate of drug-likeness (QED) is 0.138. The normalized spacial score (nSPS) is 16.6. The fourth-order valence-corrected chi connectivity index (χ4v) is 4.48. The van der Waals surface area contributed by atoms with Crippen LogP contribution in [0.5, 0.6) is 17.2 Å². The highest BCUT2D eigenvalue weighted by Crippen LogP contribution is 2.43. The van der Waals surface area contributed by atoms with Gasteiger partial charge < -0.3 is 28.6 Å². The van der Waals surface area contributed by atoms with Gasteiger partial charge in [0.25, 0.3) is 11.7 Å². The molecule has 3 aromatic rings. The smallest absolute Gasteiger partial charge is 0.296 e. The Labute approximate surface area is 222 Å². The number of hydrogen-bond acceptors (Lipinski definition) is 7. The molecule has 1 N–H and O–H groups in total. The van der Waals surface area contributed by atoms with E-state index in [1.165, 1.54) is 11.2 Å². The fourth-order valence-electron chi connectivity index (χ4n) is 4.48. The van der Waals surface area contributed by atoms with Crippen molar-refractivity contribution in [3.8, 4) is 17.2 Å². The number of ether oxygens (including phenoxy) is 3. The molecule has 0 spiro atoms. The molecular weight excluding hydrogens is 486 g/mol. The van der Waals surface area contributed by atoms with Crippen molar-refractivity contribution in [2.75, 3.05) is 20.3 Å². The summed E-state index contributed by atoms with van der Waals surface area (Å²) in [5.74, 6) is 0.455. The molecule has 2 aromatic carbocycles. The molecule has 1 saturated heterocycles. The Morgan fingerprint density at radius 1 is 1.00 bits per heavy atom. The third kappa shape index (κ3) is 5.69. The molecule has 1 aromatic heterocycles. The second-order valence-corrected chi connectivity index (χ2v) is 8.93. The third-order valence-electron chi connectivity index (χ3n) is 6.40. The number of nitrogens with zero attached hydrogens (tertiary/aromatic N) is 1. The maximum atomic E-state index is 13.3. The Balaban J connectivity index is 1.79. The third-order valence-corrected chi connectivity index (χ3v) is 6.40. The van der Waals surface area contributed by atoms with Gasteiger partial charge >= 0.3 is 0 Å². The largest absolute Gasteiger partial charge is 0.507 e. The van der Waals surface area contributed by atoms with Crippen molar-refractivity contribution in [2.24, 2.45) is 0 Å². The van der Waals surface area contributed by atoms with E-state index in [-0.39, 0.29) is 17.9 Å². The van der Waals surface area contributed by atoms with E-state index >= 15 is 0 Å². The molecule has 2 heterocycles. The summed E-state index contributed by atoms with van der Waals surface area (Å²) in [5.41, 5.74) is 0.994. The lowest BCUT2D eigenvalue weighted by Crippen LogP contribution is -2.29. The van der Waals surface area contributed by atoms with Gasteiger partial charge in [0.1, 0.15) is 17.3 Å². The number of rotatable bonds is 12. The van der Waals surface area contributed by atoms with E-state index in [0.29, 0.717) is 47.3 Å². The molecule has 8 nitrogen and oxygen atoms in total. The van der Waals surface area contributed by atoms with E-state index in [2.05, 4.69) is 6.92 Å². The van der Waals surface area contributed by atoms with E-state index in [9.17, 15) is 14.7 Å². The summed E-state index contributed by atoms with van der Waals surface area (Å²) in [7, 11) is 1.54. The summed E-state index contributed by atoms with van der Waals surface area (Å²) in [6, 6.07) is 14.6.